The van der Waals surface area contributed by atoms with Crippen molar-refractivity contribution in [3.8, 4) is 0 Å². The molecule has 0 spiro atoms. The van der Waals surface area contributed by atoms with Crippen LogP contribution in [0.5, 0.6) is 0 Å². The van der Waals surface area contributed by atoms with Crippen LogP contribution in [0.2, 0.25) is 0 Å². The second kappa shape index (κ2) is 8.76. The molecule has 14 heteroatoms. The standard InChI is InChI=1S/C19H22N4O8S2/c1-2-30-19(25)15-5-6-16(31-15)33(28,29)23-10-8-22(9-11-23)18(24)14-4-3-7-21-12-13-32(26,27)20-17(14)21/h3-7H,2,8-13H2,1H3. The highest BCUT2D eigenvalue weighted by Crippen LogP contribution is 2.23. The molecule has 1 amide bonds. The van der Waals surface area contributed by atoms with E-state index in [9.17, 15) is 26.4 Å². The number of rotatable bonds is 5. The van der Waals surface area contributed by atoms with Crippen LogP contribution in [0.1, 0.15) is 17.5 Å². The van der Waals surface area contributed by atoms with Crippen LogP contribution in [0, 0.1) is 0 Å². The largest absolute Gasteiger partial charge is 0.460 e. The first kappa shape index (κ1) is 23.2. The summed E-state index contributed by atoms with van der Waals surface area (Å²) >= 11 is 0. The van der Waals surface area contributed by atoms with Crippen LogP contribution in [0.25, 0.3) is 0 Å². The molecule has 0 unspecified atom stereocenters. The van der Waals surface area contributed by atoms with Crippen molar-refractivity contribution in [3.05, 3.63) is 41.8 Å². The van der Waals surface area contributed by atoms with Gasteiger partial charge in [0.2, 0.25) is 10.9 Å². The fraction of sp³-hybridized carbons (Fsp3) is 0.421. The van der Waals surface area contributed by atoms with E-state index in [2.05, 4.69) is 4.40 Å². The van der Waals surface area contributed by atoms with E-state index in [-0.39, 0.29) is 67.3 Å². The van der Waals surface area contributed by atoms with Crippen LogP contribution in [-0.4, -0.2) is 93.7 Å². The van der Waals surface area contributed by atoms with Gasteiger partial charge in [-0.1, -0.05) is 0 Å². The molecule has 0 bridgehead atoms. The van der Waals surface area contributed by atoms with Gasteiger partial charge in [0, 0.05) is 38.9 Å². The van der Waals surface area contributed by atoms with Crippen LogP contribution in [0.4, 0.5) is 0 Å². The molecule has 0 atom stereocenters. The highest BCUT2D eigenvalue weighted by atomic mass is 32.2. The summed E-state index contributed by atoms with van der Waals surface area (Å²) in [6.07, 6.45) is 4.80. The summed E-state index contributed by atoms with van der Waals surface area (Å²) in [6, 6.07) is 2.42. The number of carbonyl (C=O) groups excluding carboxylic acids is 2. The maximum absolute atomic E-state index is 13.1. The summed E-state index contributed by atoms with van der Waals surface area (Å²) < 4.78 is 64.5. The maximum Gasteiger partial charge on any atom is 0.374 e. The normalized spacial score (nSPS) is 20.6. The Morgan fingerprint density at radius 3 is 2.58 bits per heavy atom. The summed E-state index contributed by atoms with van der Waals surface area (Å²) in [5.41, 5.74) is 0.141. The molecule has 3 aliphatic rings. The lowest BCUT2D eigenvalue weighted by molar-refractivity contribution is -0.127. The Hall–Kier alpha value is -2.97. The van der Waals surface area contributed by atoms with E-state index in [0.29, 0.717) is 0 Å². The monoisotopic (exact) mass is 498 g/mol. The maximum atomic E-state index is 13.1. The van der Waals surface area contributed by atoms with Crippen LogP contribution < -0.4 is 0 Å². The number of hydrogen-bond donors (Lipinski definition) is 0. The number of piperazine rings is 1. The number of amides is 1. The molecular formula is C19H22N4O8S2. The van der Waals surface area contributed by atoms with E-state index in [1.54, 1.807) is 24.1 Å². The third-order valence-corrected chi connectivity index (χ3v) is 8.19. The molecule has 3 aliphatic heterocycles. The van der Waals surface area contributed by atoms with Gasteiger partial charge in [-0.2, -0.15) is 4.31 Å². The number of furan rings is 1. The van der Waals surface area contributed by atoms with Crippen molar-refractivity contribution in [1.29, 1.82) is 0 Å². The van der Waals surface area contributed by atoms with E-state index >= 15 is 0 Å². The Kier molecular flexibility index (Phi) is 6.16. The number of ether oxygens (including phenoxy) is 1. The summed E-state index contributed by atoms with van der Waals surface area (Å²) in [7, 11) is -7.66. The van der Waals surface area contributed by atoms with Gasteiger partial charge in [0.05, 0.1) is 17.9 Å². The van der Waals surface area contributed by atoms with Crippen molar-refractivity contribution >= 4 is 37.8 Å². The fourth-order valence-electron chi connectivity index (χ4n) is 3.58. The molecule has 178 valence electrons. The van der Waals surface area contributed by atoms with Crippen LogP contribution >= 0.6 is 0 Å². The van der Waals surface area contributed by atoms with E-state index in [4.69, 9.17) is 9.15 Å². The molecule has 0 saturated carbocycles. The fourth-order valence-corrected chi connectivity index (χ4v) is 5.90. The Labute approximate surface area is 190 Å². The third-order valence-electron chi connectivity index (χ3n) is 5.27. The molecule has 0 aliphatic carbocycles. The zero-order valence-electron chi connectivity index (χ0n) is 17.7. The Morgan fingerprint density at radius 1 is 1.15 bits per heavy atom. The lowest BCUT2D eigenvalue weighted by Gasteiger charge is -2.35. The first-order valence-corrected chi connectivity index (χ1v) is 13.2. The second-order valence-electron chi connectivity index (χ2n) is 7.35. The average molecular weight is 499 g/mol. The molecule has 1 fully saturated rings. The predicted molar refractivity (Wildman–Crippen MR) is 115 cm³/mol. The molecular weight excluding hydrogens is 476 g/mol. The number of esters is 1. The SMILES string of the molecule is CCOC(=O)c1ccc(S(=O)(=O)N2CCN(C(=O)C3=CC=CN4CCS(=O)(=O)N=C34)CC2)o1. The van der Waals surface area contributed by atoms with Gasteiger partial charge < -0.3 is 19.0 Å². The number of sulfonamides is 2. The van der Waals surface area contributed by atoms with Crippen LogP contribution in [0.15, 0.2) is 50.0 Å². The van der Waals surface area contributed by atoms with E-state index in [0.717, 1.165) is 4.31 Å². The number of hydrogen-bond acceptors (Lipinski definition) is 9. The van der Waals surface area contributed by atoms with Gasteiger partial charge in [-0.25, -0.2) is 21.6 Å². The zero-order valence-corrected chi connectivity index (χ0v) is 19.3. The first-order valence-electron chi connectivity index (χ1n) is 10.2. The number of fused-ring (bicyclic) bond motifs is 1. The number of amidine groups is 1. The summed E-state index contributed by atoms with van der Waals surface area (Å²) in [5.74, 6) is -1.46. The minimum Gasteiger partial charge on any atom is -0.460 e. The molecule has 1 aromatic heterocycles. The molecule has 4 rings (SSSR count). The van der Waals surface area contributed by atoms with Crippen molar-refractivity contribution in [2.24, 2.45) is 4.40 Å². The van der Waals surface area contributed by atoms with Gasteiger partial charge in [0.25, 0.3) is 26.0 Å². The minimum absolute atomic E-state index is 0.00111. The molecule has 4 heterocycles. The summed E-state index contributed by atoms with van der Waals surface area (Å²) in [5, 5.41) is -0.386. The first-order chi connectivity index (χ1) is 15.6. The highest BCUT2D eigenvalue weighted by Gasteiger charge is 2.36. The van der Waals surface area contributed by atoms with Gasteiger partial charge in [-0.05, 0) is 31.2 Å². The smallest absolute Gasteiger partial charge is 0.374 e. The molecule has 1 aromatic rings. The van der Waals surface area contributed by atoms with Gasteiger partial charge >= 0.3 is 5.97 Å². The molecule has 0 N–H and O–H groups in total. The topological polar surface area (TPSA) is 147 Å². The lowest BCUT2D eigenvalue weighted by atomic mass is 10.1. The molecule has 12 nitrogen and oxygen atoms in total. The Balaban J connectivity index is 1.45. The van der Waals surface area contributed by atoms with Crippen LogP contribution in [-0.2, 0) is 29.6 Å². The number of carbonyl (C=O) groups is 2. The predicted octanol–water partition coefficient (Wildman–Crippen LogP) is -0.213. The molecule has 33 heavy (non-hydrogen) atoms. The van der Waals surface area contributed by atoms with Crippen molar-refractivity contribution < 1.29 is 35.6 Å². The van der Waals surface area contributed by atoms with Gasteiger partial charge in [0.15, 0.2) is 5.84 Å². The van der Waals surface area contributed by atoms with Crippen molar-refractivity contribution in [2.45, 2.75) is 12.0 Å². The van der Waals surface area contributed by atoms with Gasteiger partial charge in [-0.3, -0.25) is 4.79 Å². The Bertz CT molecular complexity index is 1270. The van der Waals surface area contributed by atoms with Gasteiger partial charge in [-0.15, -0.1) is 4.40 Å². The van der Waals surface area contributed by atoms with Crippen molar-refractivity contribution in [2.75, 3.05) is 45.1 Å². The molecule has 0 radical (unpaired) electrons. The Morgan fingerprint density at radius 2 is 1.88 bits per heavy atom. The summed E-state index contributed by atoms with van der Waals surface area (Å²) in [6.45, 7) is 2.12. The van der Waals surface area contributed by atoms with Crippen molar-refractivity contribution in [3.63, 3.8) is 0 Å². The van der Waals surface area contributed by atoms with E-state index in [1.165, 1.54) is 23.1 Å². The molecule has 0 aromatic carbocycles. The van der Waals surface area contributed by atoms with Crippen LogP contribution in [0.3, 0.4) is 0 Å². The zero-order chi connectivity index (χ0) is 23.8. The number of allylic oxidation sites excluding steroid dienone is 2. The molecule has 1 saturated heterocycles. The highest BCUT2D eigenvalue weighted by molar-refractivity contribution is 7.90. The van der Waals surface area contributed by atoms with Gasteiger partial charge in [0.1, 0.15) is 0 Å². The van der Waals surface area contributed by atoms with E-state index < -0.39 is 31.9 Å². The summed E-state index contributed by atoms with van der Waals surface area (Å²) in [4.78, 5) is 27.9. The minimum atomic E-state index is -4.01. The van der Waals surface area contributed by atoms with Crippen molar-refractivity contribution in [1.82, 2.24) is 14.1 Å². The lowest BCUT2D eigenvalue weighted by Crippen LogP contribution is -2.52. The third kappa shape index (κ3) is 4.58. The quantitative estimate of drug-likeness (QED) is 0.503. The number of nitrogens with zero attached hydrogens (tertiary/aromatic N) is 4. The second-order valence-corrected chi connectivity index (χ2v) is 11.0. The van der Waals surface area contributed by atoms with E-state index in [1.807, 2.05) is 0 Å². The average Bonchev–Trinajstić information content (AvgIpc) is 3.29.